The molecule has 0 radical (unpaired) electrons. The Morgan fingerprint density at radius 2 is 2.05 bits per heavy atom. The standard InChI is InChI=1S/C14H24N2O2S2/c1-2-9-15-10-8-13-5-6-14(19-13)20(17,18)16-11-7-12-3-4-12/h5-6,12,15-16H,2-4,7-11H2,1H3. The van der Waals surface area contributed by atoms with Crippen molar-refractivity contribution in [3.63, 3.8) is 0 Å². The van der Waals surface area contributed by atoms with E-state index in [-0.39, 0.29) is 0 Å². The Morgan fingerprint density at radius 3 is 2.75 bits per heavy atom. The minimum Gasteiger partial charge on any atom is -0.316 e. The molecule has 1 aliphatic carbocycles. The van der Waals surface area contributed by atoms with E-state index in [1.54, 1.807) is 6.07 Å². The summed E-state index contributed by atoms with van der Waals surface area (Å²) in [7, 11) is -3.29. The van der Waals surface area contributed by atoms with E-state index in [0.717, 1.165) is 43.1 Å². The first-order valence-electron chi connectivity index (χ1n) is 7.41. The van der Waals surface area contributed by atoms with E-state index in [1.807, 2.05) is 6.07 Å². The molecule has 20 heavy (non-hydrogen) atoms. The molecule has 1 fully saturated rings. The second-order valence-corrected chi connectivity index (χ2v) is 8.51. The van der Waals surface area contributed by atoms with Crippen LogP contribution >= 0.6 is 11.3 Å². The Labute approximate surface area is 126 Å². The normalized spacial score (nSPS) is 15.7. The molecule has 0 amide bonds. The molecule has 6 heteroatoms. The first-order chi connectivity index (χ1) is 9.62. The van der Waals surface area contributed by atoms with Crippen LogP contribution in [0.2, 0.25) is 0 Å². The molecule has 0 saturated heterocycles. The zero-order valence-corrected chi connectivity index (χ0v) is 13.7. The van der Waals surface area contributed by atoms with Gasteiger partial charge in [0.1, 0.15) is 4.21 Å². The molecule has 4 nitrogen and oxygen atoms in total. The van der Waals surface area contributed by atoms with Gasteiger partial charge in [-0.3, -0.25) is 0 Å². The van der Waals surface area contributed by atoms with Crippen LogP contribution in [0.3, 0.4) is 0 Å². The number of nitrogens with one attached hydrogen (secondary N) is 2. The van der Waals surface area contributed by atoms with E-state index in [0.29, 0.717) is 10.8 Å². The van der Waals surface area contributed by atoms with Gasteiger partial charge in [0.15, 0.2) is 0 Å². The second-order valence-electron chi connectivity index (χ2n) is 5.35. The summed E-state index contributed by atoms with van der Waals surface area (Å²) in [5, 5.41) is 3.33. The van der Waals surface area contributed by atoms with Gasteiger partial charge in [0.2, 0.25) is 10.0 Å². The van der Waals surface area contributed by atoms with Gasteiger partial charge in [-0.05, 0) is 50.4 Å². The zero-order valence-electron chi connectivity index (χ0n) is 12.0. The summed E-state index contributed by atoms with van der Waals surface area (Å²) in [6, 6.07) is 3.65. The maximum Gasteiger partial charge on any atom is 0.250 e. The highest BCUT2D eigenvalue weighted by Gasteiger charge is 2.22. The molecule has 0 aliphatic heterocycles. The molecule has 1 saturated carbocycles. The van der Waals surface area contributed by atoms with Crippen LogP contribution in [0, 0.1) is 5.92 Å². The molecular weight excluding hydrogens is 292 g/mol. The maximum atomic E-state index is 12.1. The Morgan fingerprint density at radius 1 is 1.25 bits per heavy atom. The molecule has 0 aromatic carbocycles. The van der Waals surface area contributed by atoms with Gasteiger partial charge >= 0.3 is 0 Å². The average Bonchev–Trinajstić information content (AvgIpc) is 3.10. The highest BCUT2D eigenvalue weighted by Crippen LogP contribution is 2.32. The second kappa shape index (κ2) is 7.54. The first-order valence-corrected chi connectivity index (χ1v) is 9.71. The highest BCUT2D eigenvalue weighted by molar-refractivity contribution is 7.91. The third-order valence-electron chi connectivity index (χ3n) is 3.42. The molecular formula is C14H24N2O2S2. The lowest BCUT2D eigenvalue weighted by molar-refractivity contribution is 0.577. The maximum absolute atomic E-state index is 12.1. The summed E-state index contributed by atoms with van der Waals surface area (Å²) in [6.45, 7) is 4.62. The topological polar surface area (TPSA) is 58.2 Å². The molecule has 1 aromatic rings. The van der Waals surface area contributed by atoms with Crippen molar-refractivity contribution in [1.29, 1.82) is 0 Å². The van der Waals surface area contributed by atoms with Crippen LogP contribution in [0.1, 0.15) is 37.5 Å². The van der Waals surface area contributed by atoms with Crippen LogP contribution in [0.5, 0.6) is 0 Å². The molecule has 0 atom stereocenters. The molecule has 1 aromatic heterocycles. The summed E-state index contributed by atoms with van der Waals surface area (Å²) in [5.74, 6) is 0.751. The molecule has 0 bridgehead atoms. The summed E-state index contributed by atoms with van der Waals surface area (Å²) < 4.78 is 27.4. The molecule has 1 heterocycles. The fraction of sp³-hybridized carbons (Fsp3) is 0.714. The van der Waals surface area contributed by atoms with Gasteiger partial charge in [0, 0.05) is 11.4 Å². The lowest BCUT2D eigenvalue weighted by Crippen LogP contribution is -2.24. The molecule has 2 N–H and O–H groups in total. The van der Waals surface area contributed by atoms with Crippen LogP contribution in [-0.4, -0.2) is 28.1 Å². The summed E-state index contributed by atoms with van der Waals surface area (Å²) in [5.41, 5.74) is 0. The van der Waals surface area contributed by atoms with Crippen LogP contribution in [0.4, 0.5) is 0 Å². The largest absolute Gasteiger partial charge is 0.316 e. The molecule has 114 valence electrons. The number of thiophene rings is 1. The third-order valence-corrected chi connectivity index (χ3v) is 6.52. The highest BCUT2D eigenvalue weighted by atomic mass is 32.2. The third kappa shape index (κ3) is 5.16. The van der Waals surface area contributed by atoms with Crippen molar-refractivity contribution in [3.8, 4) is 0 Å². The molecule has 0 unspecified atom stereocenters. The average molecular weight is 316 g/mol. The summed E-state index contributed by atoms with van der Waals surface area (Å²) >= 11 is 1.38. The van der Waals surface area contributed by atoms with Gasteiger partial charge in [0.05, 0.1) is 0 Å². The lowest BCUT2D eigenvalue weighted by Gasteiger charge is -2.03. The SMILES string of the molecule is CCCNCCc1ccc(S(=O)(=O)NCCC2CC2)s1. The van der Waals surface area contributed by atoms with E-state index in [9.17, 15) is 8.42 Å². The predicted octanol–water partition coefficient (Wildman–Crippen LogP) is 2.37. The van der Waals surface area contributed by atoms with Gasteiger partial charge < -0.3 is 5.32 Å². The fourth-order valence-corrected chi connectivity index (χ4v) is 4.47. The lowest BCUT2D eigenvalue weighted by atomic mass is 10.3. The quantitative estimate of drug-likeness (QED) is 0.652. The van der Waals surface area contributed by atoms with E-state index in [2.05, 4.69) is 17.0 Å². The molecule has 1 aliphatic rings. The van der Waals surface area contributed by atoms with Gasteiger partial charge in [-0.15, -0.1) is 11.3 Å². The number of sulfonamides is 1. The first kappa shape index (κ1) is 15.9. The molecule has 0 spiro atoms. The van der Waals surface area contributed by atoms with Crippen LogP contribution in [-0.2, 0) is 16.4 Å². The Bertz CT molecular complexity index is 507. The van der Waals surface area contributed by atoms with E-state index in [1.165, 1.54) is 24.2 Å². The fourth-order valence-electron chi connectivity index (χ4n) is 2.03. The van der Waals surface area contributed by atoms with E-state index < -0.39 is 10.0 Å². The van der Waals surface area contributed by atoms with Crippen LogP contribution in [0.25, 0.3) is 0 Å². The monoisotopic (exact) mass is 316 g/mol. The van der Waals surface area contributed by atoms with Crippen LogP contribution < -0.4 is 10.0 Å². The van der Waals surface area contributed by atoms with Gasteiger partial charge in [-0.25, -0.2) is 13.1 Å². The van der Waals surface area contributed by atoms with Gasteiger partial charge in [-0.1, -0.05) is 19.8 Å². The molecule has 2 rings (SSSR count). The predicted molar refractivity (Wildman–Crippen MR) is 83.7 cm³/mol. The number of rotatable bonds is 10. The Hall–Kier alpha value is -0.430. The van der Waals surface area contributed by atoms with Crippen molar-refractivity contribution in [1.82, 2.24) is 10.0 Å². The van der Waals surface area contributed by atoms with Crippen molar-refractivity contribution >= 4 is 21.4 Å². The Kier molecular flexibility index (Phi) is 6.01. The minimum absolute atomic E-state index is 0.443. The van der Waals surface area contributed by atoms with Crippen molar-refractivity contribution in [3.05, 3.63) is 17.0 Å². The Balaban J connectivity index is 1.79. The van der Waals surface area contributed by atoms with E-state index >= 15 is 0 Å². The van der Waals surface area contributed by atoms with E-state index in [4.69, 9.17) is 0 Å². The zero-order chi connectivity index (χ0) is 14.4. The van der Waals surface area contributed by atoms with Crippen molar-refractivity contribution in [2.24, 2.45) is 5.92 Å². The summed E-state index contributed by atoms with van der Waals surface area (Å²) in [6.07, 6.45) is 5.50. The summed E-state index contributed by atoms with van der Waals surface area (Å²) in [4.78, 5) is 1.12. The number of hydrogen-bond donors (Lipinski definition) is 2. The van der Waals surface area contributed by atoms with Crippen molar-refractivity contribution < 1.29 is 8.42 Å². The van der Waals surface area contributed by atoms with Gasteiger partial charge in [-0.2, -0.15) is 0 Å². The van der Waals surface area contributed by atoms with Crippen molar-refractivity contribution in [2.75, 3.05) is 19.6 Å². The van der Waals surface area contributed by atoms with Crippen molar-refractivity contribution in [2.45, 2.75) is 43.2 Å². The van der Waals surface area contributed by atoms with Gasteiger partial charge in [0.25, 0.3) is 0 Å². The smallest absolute Gasteiger partial charge is 0.250 e. The van der Waals surface area contributed by atoms with Crippen LogP contribution in [0.15, 0.2) is 16.3 Å². The minimum atomic E-state index is -3.29. The number of hydrogen-bond acceptors (Lipinski definition) is 4.